The Balaban J connectivity index is 2.71. The summed E-state index contributed by atoms with van der Waals surface area (Å²) in [6.45, 7) is 5.26. The lowest BCUT2D eigenvalue weighted by Crippen LogP contribution is -2.27. The van der Waals surface area contributed by atoms with E-state index in [0.717, 1.165) is 5.69 Å². The summed E-state index contributed by atoms with van der Waals surface area (Å²) in [5, 5.41) is 9.85. The van der Waals surface area contributed by atoms with E-state index in [9.17, 15) is 9.90 Å². The van der Waals surface area contributed by atoms with E-state index in [1.54, 1.807) is 45.0 Å². The van der Waals surface area contributed by atoms with Gasteiger partial charge >= 0.3 is 5.97 Å². The molecule has 100 valence electrons. The molecule has 0 aliphatic heterocycles. The number of esters is 1. The van der Waals surface area contributed by atoms with Gasteiger partial charge in [0.1, 0.15) is 5.60 Å². The third-order valence-electron chi connectivity index (χ3n) is 2.08. The lowest BCUT2D eigenvalue weighted by atomic mass is 10.1. The summed E-state index contributed by atoms with van der Waals surface area (Å²) in [6, 6.07) is 6.67. The number of hydrogen-bond donors (Lipinski definition) is 2. The van der Waals surface area contributed by atoms with Crippen LogP contribution in [0.25, 0.3) is 0 Å². The van der Waals surface area contributed by atoms with Crippen molar-refractivity contribution in [1.82, 2.24) is 0 Å². The second kappa shape index (κ2) is 5.84. The minimum atomic E-state index is -1.28. The maximum absolute atomic E-state index is 11.7. The van der Waals surface area contributed by atoms with E-state index in [0.29, 0.717) is 5.56 Å². The van der Waals surface area contributed by atoms with Crippen LogP contribution in [-0.4, -0.2) is 23.8 Å². The molecule has 0 aliphatic carbocycles. The van der Waals surface area contributed by atoms with E-state index in [2.05, 4.69) is 5.48 Å². The number of ether oxygens (including phenoxy) is 1. The molecule has 0 radical (unpaired) electrons. The molecule has 0 aromatic heterocycles. The van der Waals surface area contributed by atoms with Crippen molar-refractivity contribution in [1.29, 1.82) is 0 Å². The molecule has 0 heterocycles. The summed E-state index contributed by atoms with van der Waals surface area (Å²) in [7, 11) is 1.50. The molecule has 0 saturated carbocycles. The number of aliphatic hydroxyl groups is 1. The Morgan fingerprint density at radius 2 is 1.83 bits per heavy atom. The fourth-order valence-electron chi connectivity index (χ4n) is 1.34. The fourth-order valence-corrected chi connectivity index (χ4v) is 1.34. The van der Waals surface area contributed by atoms with Crippen LogP contribution in [0.2, 0.25) is 0 Å². The van der Waals surface area contributed by atoms with Gasteiger partial charge in [-0.15, -0.1) is 0 Å². The third-order valence-corrected chi connectivity index (χ3v) is 2.08. The van der Waals surface area contributed by atoms with E-state index in [4.69, 9.17) is 9.57 Å². The van der Waals surface area contributed by atoms with Gasteiger partial charge in [-0.2, -0.15) is 0 Å². The van der Waals surface area contributed by atoms with Crippen molar-refractivity contribution in [3.05, 3.63) is 29.8 Å². The third kappa shape index (κ3) is 4.35. The SMILES string of the molecule is CONc1ccc(C(O)C(=O)OC(C)(C)C)cc1. The van der Waals surface area contributed by atoms with Crippen molar-refractivity contribution in [2.75, 3.05) is 12.6 Å². The van der Waals surface area contributed by atoms with Gasteiger partial charge in [0, 0.05) is 0 Å². The van der Waals surface area contributed by atoms with Gasteiger partial charge in [-0.1, -0.05) is 12.1 Å². The van der Waals surface area contributed by atoms with Gasteiger partial charge in [0.05, 0.1) is 12.8 Å². The highest BCUT2D eigenvalue weighted by atomic mass is 16.6. The van der Waals surface area contributed by atoms with Gasteiger partial charge in [0.15, 0.2) is 6.10 Å². The summed E-state index contributed by atoms with van der Waals surface area (Å²) < 4.78 is 5.10. The molecule has 1 aromatic carbocycles. The Labute approximate surface area is 107 Å². The highest BCUT2D eigenvalue weighted by Gasteiger charge is 2.24. The van der Waals surface area contributed by atoms with Crippen LogP contribution in [0.3, 0.4) is 0 Å². The van der Waals surface area contributed by atoms with E-state index in [1.807, 2.05) is 0 Å². The van der Waals surface area contributed by atoms with Crippen LogP contribution in [0.5, 0.6) is 0 Å². The normalized spacial score (nSPS) is 12.9. The highest BCUT2D eigenvalue weighted by Crippen LogP contribution is 2.20. The first-order valence-electron chi connectivity index (χ1n) is 5.63. The number of rotatable bonds is 4. The molecule has 5 nitrogen and oxygen atoms in total. The zero-order chi connectivity index (χ0) is 13.8. The Kier molecular flexibility index (Phi) is 4.69. The number of hydrogen-bond acceptors (Lipinski definition) is 5. The average molecular weight is 253 g/mol. The van der Waals surface area contributed by atoms with Gasteiger partial charge in [-0.3, -0.25) is 10.3 Å². The number of anilines is 1. The standard InChI is InChI=1S/C13H19NO4/c1-13(2,3)18-12(16)11(15)9-5-7-10(8-6-9)14-17-4/h5-8,11,14-15H,1-4H3. The minimum absolute atomic E-state index is 0.478. The quantitative estimate of drug-likeness (QED) is 0.635. The van der Waals surface area contributed by atoms with Crippen LogP contribution in [-0.2, 0) is 14.4 Å². The zero-order valence-corrected chi connectivity index (χ0v) is 11.1. The Bertz CT molecular complexity index is 394. The van der Waals surface area contributed by atoms with Crippen molar-refractivity contribution in [3.63, 3.8) is 0 Å². The van der Waals surface area contributed by atoms with Gasteiger partial charge in [0.25, 0.3) is 0 Å². The Morgan fingerprint density at radius 1 is 1.28 bits per heavy atom. The minimum Gasteiger partial charge on any atom is -0.458 e. The van der Waals surface area contributed by atoms with Crippen LogP contribution in [0.15, 0.2) is 24.3 Å². The van der Waals surface area contributed by atoms with E-state index < -0.39 is 17.7 Å². The summed E-state index contributed by atoms with van der Waals surface area (Å²) in [4.78, 5) is 16.4. The van der Waals surface area contributed by atoms with Gasteiger partial charge in [0.2, 0.25) is 0 Å². The topological polar surface area (TPSA) is 67.8 Å². The van der Waals surface area contributed by atoms with E-state index in [-0.39, 0.29) is 0 Å². The van der Waals surface area contributed by atoms with Crippen molar-refractivity contribution in [2.24, 2.45) is 0 Å². The summed E-state index contributed by atoms with van der Waals surface area (Å²) in [6.07, 6.45) is -1.28. The summed E-state index contributed by atoms with van der Waals surface area (Å²) in [5.41, 5.74) is 3.24. The number of carbonyl (C=O) groups is 1. The first-order valence-corrected chi connectivity index (χ1v) is 5.63. The van der Waals surface area contributed by atoms with Crippen LogP contribution < -0.4 is 5.48 Å². The second-order valence-corrected chi connectivity index (χ2v) is 4.86. The van der Waals surface area contributed by atoms with Crippen molar-refractivity contribution < 1.29 is 19.5 Å². The van der Waals surface area contributed by atoms with Crippen molar-refractivity contribution in [2.45, 2.75) is 32.5 Å². The molecule has 1 aromatic rings. The predicted molar refractivity (Wildman–Crippen MR) is 67.9 cm³/mol. The summed E-state index contributed by atoms with van der Waals surface area (Å²) >= 11 is 0. The van der Waals surface area contributed by atoms with Gasteiger partial charge in [-0.25, -0.2) is 4.79 Å². The molecule has 1 atom stereocenters. The van der Waals surface area contributed by atoms with Crippen LogP contribution in [0, 0.1) is 0 Å². The number of aliphatic hydroxyl groups excluding tert-OH is 1. The van der Waals surface area contributed by atoms with Crippen LogP contribution in [0.4, 0.5) is 5.69 Å². The van der Waals surface area contributed by atoms with Crippen molar-refractivity contribution in [3.8, 4) is 0 Å². The molecule has 0 amide bonds. The monoisotopic (exact) mass is 253 g/mol. The molecular weight excluding hydrogens is 234 g/mol. The smallest absolute Gasteiger partial charge is 0.340 e. The fraction of sp³-hybridized carbons (Fsp3) is 0.462. The van der Waals surface area contributed by atoms with Gasteiger partial charge < -0.3 is 9.84 Å². The Hall–Kier alpha value is -1.59. The predicted octanol–water partition coefficient (Wildman–Crippen LogP) is 2.04. The molecule has 0 spiro atoms. The number of carbonyl (C=O) groups excluding carboxylic acids is 1. The van der Waals surface area contributed by atoms with Crippen LogP contribution >= 0.6 is 0 Å². The molecule has 0 bridgehead atoms. The molecule has 2 N–H and O–H groups in total. The lowest BCUT2D eigenvalue weighted by Gasteiger charge is -2.21. The number of nitrogens with one attached hydrogen (secondary N) is 1. The molecule has 18 heavy (non-hydrogen) atoms. The molecule has 0 fully saturated rings. The van der Waals surface area contributed by atoms with Crippen molar-refractivity contribution >= 4 is 11.7 Å². The molecule has 0 aliphatic rings. The maximum Gasteiger partial charge on any atom is 0.340 e. The Morgan fingerprint density at radius 3 is 2.28 bits per heavy atom. The van der Waals surface area contributed by atoms with Crippen LogP contribution in [0.1, 0.15) is 32.4 Å². The van der Waals surface area contributed by atoms with E-state index >= 15 is 0 Å². The number of benzene rings is 1. The molecule has 1 unspecified atom stereocenters. The molecule has 0 saturated heterocycles. The van der Waals surface area contributed by atoms with Gasteiger partial charge in [-0.05, 0) is 38.5 Å². The second-order valence-electron chi connectivity index (χ2n) is 4.86. The maximum atomic E-state index is 11.7. The summed E-state index contributed by atoms with van der Waals surface area (Å²) in [5.74, 6) is -0.657. The first kappa shape index (κ1) is 14.5. The average Bonchev–Trinajstić information content (AvgIpc) is 2.27. The molecular formula is C13H19NO4. The molecule has 1 rings (SSSR count). The highest BCUT2D eigenvalue weighted by molar-refractivity contribution is 5.76. The molecule has 5 heteroatoms. The van der Waals surface area contributed by atoms with E-state index in [1.165, 1.54) is 7.11 Å². The lowest BCUT2D eigenvalue weighted by molar-refractivity contribution is -0.165. The largest absolute Gasteiger partial charge is 0.458 e. The first-order chi connectivity index (χ1) is 8.33. The zero-order valence-electron chi connectivity index (χ0n) is 11.1.